The zero-order chi connectivity index (χ0) is 18.6. The fourth-order valence-corrected chi connectivity index (χ4v) is 4.36. The summed E-state index contributed by atoms with van der Waals surface area (Å²) in [5, 5.41) is 0. The smallest absolute Gasteiger partial charge is 0.409 e. The van der Waals surface area contributed by atoms with E-state index >= 15 is 0 Å². The molecule has 2 saturated heterocycles. The Morgan fingerprint density at radius 1 is 1.08 bits per heavy atom. The van der Waals surface area contributed by atoms with Crippen molar-refractivity contribution in [2.75, 3.05) is 60.0 Å². The van der Waals surface area contributed by atoms with Crippen molar-refractivity contribution in [3.05, 3.63) is 0 Å². The van der Waals surface area contributed by atoms with Crippen molar-refractivity contribution in [1.29, 1.82) is 0 Å². The SMILES string of the molecule is CCOC(=O)N1CCN(C(=O)[C@H]2CCCN(S(=O)(=O)N(C)C)C2)CC1. The number of piperazine rings is 1. The molecule has 2 amide bonds. The molecule has 2 aliphatic rings. The number of hydrogen-bond acceptors (Lipinski definition) is 5. The van der Waals surface area contributed by atoms with Crippen LogP contribution in [-0.4, -0.2) is 98.8 Å². The van der Waals surface area contributed by atoms with Gasteiger partial charge in [0.2, 0.25) is 5.91 Å². The highest BCUT2D eigenvalue weighted by Crippen LogP contribution is 2.22. The van der Waals surface area contributed by atoms with Gasteiger partial charge in [0.1, 0.15) is 0 Å². The van der Waals surface area contributed by atoms with Crippen LogP contribution in [0.3, 0.4) is 0 Å². The topological polar surface area (TPSA) is 90.5 Å². The van der Waals surface area contributed by atoms with Gasteiger partial charge in [-0.25, -0.2) is 4.79 Å². The predicted molar refractivity (Wildman–Crippen MR) is 92.1 cm³/mol. The fraction of sp³-hybridized carbons (Fsp3) is 0.867. The molecule has 0 spiro atoms. The molecule has 0 N–H and O–H groups in total. The van der Waals surface area contributed by atoms with Crippen LogP contribution in [0, 0.1) is 5.92 Å². The highest BCUT2D eigenvalue weighted by atomic mass is 32.2. The van der Waals surface area contributed by atoms with Gasteiger partial charge in [-0.15, -0.1) is 0 Å². The second-order valence-corrected chi connectivity index (χ2v) is 8.64. The van der Waals surface area contributed by atoms with E-state index in [9.17, 15) is 18.0 Å². The Morgan fingerprint density at radius 2 is 1.68 bits per heavy atom. The molecule has 0 aliphatic carbocycles. The summed E-state index contributed by atoms with van der Waals surface area (Å²) in [6.07, 6.45) is 1.01. The maximum Gasteiger partial charge on any atom is 0.409 e. The van der Waals surface area contributed by atoms with E-state index in [2.05, 4.69) is 0 Å². The summed E-state index contributed by atoms with van der Waals surface area (Å²) in [7, 11) is -0.506. The lowest BCUT2D eigenvalue weighted by molar-refractivity contribution is -0.138. The first kappa shape index (κ1) is 19.9. The molecule has 2 fully saturated rings. The van der Waals surface area contributed by atoms with Gasteiger partial charge in [0.05, 0.1) is 12.5 Å². The third-order valence-electron chi connectivity index (χ3n) is 4.64. The molecule has 2 aliphatic heterocycles. The van der Waals surface area contributed by atoms with E-state index in [1.807, 2.05) is 0 Å². The number of rotatable bonds is 4. The molecule has 0 aromatic heterocycles. The summed E-state index contributed by atoms with van der Waals surface area (Å²) in [5.41, 5.74) is 0. The van der Waals surface area contributed by atoms with Crippen molar-refractivity contribution < 1.29 is 22.7 Å². The van der Waals surface area contributed by atoms with Gasteiger partial charge < -0.3 is 14.5 Å². The van der Waals surface area contributed by atoms with E-state index in [1.165, 1.54) is 22.7 Å². The molecule has 2 heterocycles. The molecule has 0 aromatic carbocycles. The maximum absolute atomic E-state index is 12.8. The van der Waals surface area contributed by atoms with Crippen molar-refractivity contribution in [2.45, 2.75) is 19.8 Å². The number of amides is 2. The molecular weight excluding hydrogens is 348 g/mol. The van der Waals surface area contributed by atoms with Crippen LogP contribution in [0.5, 0.6) is 0 Å². The van der Waals surface area contributed by atoms with Crippen molar-refractivity contribution in [2.24, 2.45) is 5.92 Å². The molecule has 0 radical (unpaired) electrons. The van der Waals surface area contributed by atoms with Gasteiger partial charge in [0, 0.05) is 53.4 Å². The summed E-state index contributed by atoms with van der Waals surface area (Å²) in [6, 6.07) is 0. The zero-order valence-corrected chi connectivity index (χ0v) is 16.0. The Balaban J connectivity index is 1.92. The molecule has 2 rings (SSSR count). The molecule has 0 saturated carbocycles. The number of carbonyl (C=O) groups is 2. The molecule has 0 unspecified atom stereocenters. The Hall–Kier alpha value is -1.39. The summed E-state index contributed by atoms with van der Waals surface area (Å²) in [6.45, 7) is 4.54. The Bertz CT molecular complexity index is 587. The third-order valence-corrected chi connectivity index (χ3v) is 6.55. The molecule has 9 nitrogen and oxygen atoms in total. The Morgan fingerprint density at radius 3 is 2.24 bits per heavy atom. The van der Waals surface area contributed by atoms with Crippen molar-refractivity contribution in [3.8, 4) is 0 Å². The van der Waals surface area contributed by atoms with Crippen LogP contribution in [0.25, 0.3) is 0 Å². The molecule has 0 aromatic rings. The highest BCUT2D eigenvalue weighted by molar-refractivity contribution is 7.86. The number of hydrogen-bond donors (Lipinski definition) is 0. The monoisotopic (exact) mass is 376 g/mol. The van der Waals surface area contributed by atoms with E-state index < -0.39 is 10.2 Å². The van der Waals surface area contributed by atoms with E-state index in [0.29, 0.717) is 52.2 Å². The van der Waals surface area contributed by atoms with Gasteiger partial charge in [-0.05, 0) is 19.8 Å². The molecule has 25 heavy (non-hydrogen) atoms. The Labute approximate surface area is 149 Å². The normalized spacial score (nSPS) is 23.0. The lowest BCUT2D eigenvalue weighted by Crippen LogP contribution is -2.54. The molecule has 1 atom stereocenters. The summed E-state index contributed by atoms with van der Waals surface area (Å²) >= 11 is 0. The summed E-state index contributed by atoms with van der Waals surface area (Å²) in [4.78, 5) is 27.8. The van der Waals surface area contributed by atoms with E-state index in [-0.39, 0.29) is 24.5 Å². The zero-order valence-electron chi connectivity index (χ0n) is 15.2. The number of carbonyl (C=O) groups excluding carboxylic acids is 2. The highest BCUT2D eigenvalue weighted by Gasteiger charge is 2.36. The van der Waals surface area contributed by atoms with Crippen molar-refractivity contribution >= 4 is 22.2 Å². The van der Waals surface area contributed by atoms with Crippen LogP contribution >= 0.6 is 0 Å². The Kier molecular flexibility index (Phi) is 6.64. The maximum atomic E-state index is 12.8. The minimum absolute atomic E-state index is 0.0258. The number of ether oxygens (including phenoxy) is 1. The average molecular weight is 376 g/mol. The van der Waals surface area contributed by atoms with Gasteiger partial charge in [0.15, 0.2) is 0 Å². The fourth-order valence-electron chi connectivity index (χ4n) is 3.17. The third kappa shape index (κ3) is 4.62. The summed E-state index contributed by atoms with van der Waals surface area (Å²) in [5.74, 6) is -0.347. The van der Waals surface area contributed by atoms with Gasteiger partial charge in [0.25, 0.3) is 10.2 Å². The second-order valence-electron chi connectivity index (χ2n) is 6.50. The van der Waals surface area contributed by atoms with Gasteiger partial charge in [-0.2, -0.15) is 17.0 Å². The van der Waals surface area contributed by atoms with Crippen LogP contribution in [0.1, 0.15) is 19.8 Å². The standard InChI is InChI=1S/C15H28N4O5S/c1-4-24-15(21)18-10-8-17(9-11-18)14(20)13-6-5-7-19(12-13)25(22,23)16(2)3/h13H,4-12H2,1-3H3/t13-/m0/s1. The minimum Gasteiger partial charge on any atom is -0.450 e. The quantitative estimate of drug-likeness (QED) is 0.678. The van der Waals surface area contributed by atoms with Crippen LogP contribution < -0.4 is 0 Å². The molecule has 10 heteroatoms. The lowest BCUT2D eigenvalue weighted by Gasteiger charge is -2.38. The molecular formula is C15H28N4O5S. The van der Waals surface area contributed by atoms with Gasteiger partial charge in [-0.3, -0.25) is 4.79 Å². The number of piperidine rings is 1. The van der Waals surface area contributed by atoms with E-state index in [0.717, 1.165) is 0 Å². The van der Waals surface area contributed by atoms with Crippen molar-refractivity contribution in [3.63, 3.8) is 0 Å². The second kappa shape index (κ2) is 8.33. The van der Waals surface area contributed by atoms with Crippen LogP contribution in [0.2, 0.25) is 0 Å². The average Bonchev–Trinajstić information content (AvgIpc) is 2.61. The van der Waals surface area contributed by atoms with E-state index in [1.54, 1.807) is 16.7 Å². The predicted octanol–water partition coefficient (Wildman–Crippen LogP) is -0.194. The molecule has 0 bridgehead atoms. The van der Waals surface area contributed by atoms with Crippen LogP contribution in [0.15, 0.2) is 0 Å². The summed E-state index contributed by atoms with van der Waals surface area (Å²) < 4.78 is 32.1. The van der Waals surface area contributed by atoms with Crippen LogP contribution in [0.4, 0.5) is 4.79 Å². The van der Waals surface area contributed by atoms with Crippen molar-refractivity contribution in [1.82, 2.24) is 18.4 Å². The lowest BCUT2D eigenvalue weighted by atomic mass is 9.98. The first-order valence-electron chi connectivity index (χ1n) is 8.65. The largest absolute Gasteiger partial charge is 0.450 e. The van der Waals surface area contributed by atoms with Gasteiger partial charge in [-0.1, -0.05) is 0 Å². The molecule has 144 valence electrons. The van der Waals surface area contributed by atoms with Gasteiger partial charge >= 0.3 is 6.09 Å². The minimum atomic E-state index is -3.50. The first-order valence-corrected chi connectivity index (χ1v) is 10.0. The van der Waals surface area contributed by atoms with Crippen LogP contribution in [-0.2, 0) is 19.7 Å². The first-order chi connectivity index (χ1) is 11.8. The van der Waals surface area contributed by atoms with E-state index in [4.69, 9.17) is 4.74 Å². The number of nitrogens with zero attached hydrogens (tertiary/aromatic N) is 4.